The monoisotopic (exact) mass is 290 g/mol. The summed E-state index contributed by atoms with van der Waals surface area (Å²) in [6.45, 7) is 8.18. The van der Waals surface area contributed by atoms with Gasteiger partial charge < -0.3 is 9.97 Å². The van der Waals surface area contributed by atoms with Crippen LogP contribution in [0.1, 0.15) is 22.3 Å². The summed E-state index contributed by atoms with van der Waals surface area (Å²) in [5, 5.41) is 0. The molecular weight excluding hydrogens is 273 g/mol. The Morgan fingerprint density at radius 2 is 1.13 bits per heavy atom. The van der Waals surface area contributed by atoms with Crippen molar-refractivity contribution in [1.82, 2.24) is 9.97 Å². The second-order valence-electron chi connectivity index (χ2n) is 3.44. The van der Waals surface area contributed by atoms with Crippen LogP contribution < -0.4 is 0 Å². The molecule has 0 unspecified atom stereocenters. The maximum atomic E-state index is 2.94. The number of hydrogen-bond acceptors (Lipinski definition) is 0. The van der Waals surface area contributed by atoms with Crippen LogP contribution in [0.2, 0.25) is 0 Å². The third-order valence-corrected chi connectivity index (χ3v) is 2.28. The standard InChI is InChI=1S/2C6H8N.Ru/c2*1-5-3-7-4-6(5)2;/h2*3,7H,1-2H3;/q2*-1;+2. The SMILES string of the molecule is Cc1[c-][nH]cc1C.Cc1[c-][nH]cc1C.[Ru+2]. The zero-order valence-corrected chi connectivity index (χ0v) is 11.2. The molecule has 0 spiro atoms. The van der Waals surface area contributed by atoms with Gasteiger partial charge in [0.25, 0.3) is 0 Å². The van der Waals surface area contributed by atoms with E-state index in [4.69, 9.17) is 0 Å². The van der Waals surface area contributed by atoms with Gasteiger partial charge in [0.2, 0.25) is 0 Å². The molecular formula is C12H16N2Ru. The van der Waals surface area contributed by atoms with Crippen LogP contribution in [-0.2, 0) is 19.5 Å². The first-order valence-electron chi connectivity index (χ1n) is 4.65. The van der Waals surface area contributed by atoms with Gasteiger partial charge in [0, 0.05) is 0 Å². The van der Waals surface area contributed by atoms with Crippen LogP contribution in [0, 0.1) is 40.1 Å². The van der Waals surface area contributed by atoms with Gasteiger partial charge in [0.05, 0.1) is 0 Å². The summed E-state index contributed by atoms with van der Waals surface area (Å²) in [5.74, 6) is 0. The van der Waals surface area contributed by atoms with E-state index in [9.17, 15) is 0 Å². The fraction of sp³-hybridized carbons (Fsp3) is 0.333. The van der Waals surface area contributed by atoms with E-state index >= 15 is 0 Å². The van der Waals surface area contributed by atoms with E-state index in [-0.39, 0.29) is 19.5 Å². The van der Waals surface area contributed by atoms with E-state index in [2.05, 4.69) is 36.2 Å². The first kappa shape index (κ1) is 14.2. The topological polar surface area (TPSA) is 31.6 Å². The Morgan fingerprint density at radius 1 is 0.800 bits per heavy atom. The Labute approximate surface area is 104 Å². The number of rotatable bonds is 0. The second-order valence-corrected chi connectivity index (χ2v) is 3.44. The van der Waals surface area contributed by atoms with Crippen LogP contribution in [0.4, 0.5) is 0 Å². The second kappa shape index (κ2) is 6.63. The molecule has 82 valence electrons. The smallest absolute Gasteiger partial charge is 0.484 e. The van der Waals surface area contributed by atoms with E-state index in [0.717, 1.165) is 0 Å². The number of hydrogen-bond donors (Lipinski definition) is 2. The first-order chi connectivity index (χ1) is 6.61. The number of aromatic amines is 2. The van der Waals surface area contributed by atoms with E-state index in [1.165, 1.54) is 22.3 Å². The molecule has 2 heterocycles. The van der Waals surface area contributed by atoms with Crippen LogP contribution in [0.25, 0.3) is 0 Å². The number of aryl methyl sites for hydroxylation is 4. The molecule has 2 N–H and O–H groups in total. The summed E-state index contributed by atoms with van der Waals surface area (Å²) in [7, 11) is 0. The van der Waals surface area contributed by atoms with E-state index in [1.54, 1.807) is 0 Å². The van der Waals surface area contributed by atoms with Gasteiger partial charge in [0.1, 0.15) is 0 Å². The molecule has 0 fully saturated rings. The Kier molecular flexibility index (Phi) is 6.27. The Morgan fingerprint density at radius 3 is 1.20 bits per heavy atom. The molecule has 0 radical (unpaired) electrons. The maximum Gasteiger partial charge on any atom is 2.00 e. The Balaban J connectivity index is 0.000000245. The molecule has 2 aromatic rings. The molecule has 0 saturated carbocycles. The Bertz CT molecular complexity index is 316. The van der Waals surface area contributed by atoms with Gasteiger partial charge in [-0.2, -0.15) is 22.3 Å². The quantitative estimate of drug-likeness (QED) is 0.552. The predicted molar refractivity (Wildman–Crippen MR) is 58.2 cm³/mol. The normalized spacial score (nSPS) is 8.80. The summed E-state index contributed by atoms with van der Waals surface area (Å²) in [6.07, 6.45) is 9.77. The van der Waals surface area contributed by atoms with Crippen LogP contribution in [0.5, 0.6) is 0 Å². The van der Waals surface area contributed by atoms with Crippen molar-refractivity contribution < 1.29 is 19.5 Å². The van der Waals surface area contributed by atoms with Crippen molar-refractivity contribution in [3.8, 4) is 0 Å². The zero-order chi connectivity index (χ0) is 10.6. The molecule has 0 aromatic carbocycles. The minimum absolute atomic E-state index is 0. The third-order valence-electron chi connectivity index (χ3n) is 2.28. The molecule has 2 rings (SSSR count). The molecule has 2 aromatic heterocycles. The zero-order valence-electron chi connectivity index (χ0n) is 9.51. The van der Waals surface area contributed by atoms with Crippen molar-refractivity contribution >= 4 is 0 Å². The van der Waals surface area contributed by atoms with E-state index < -0.39 is 0 Å². The van der Waals surface area contributed by atoms with E-state index in [1.807, 2.05) is 26.2 Å². The maximum absolute atomic E-state index is 2.94. The molecule has 0 atom stereocenters. The largest absolute Gasteiger partial charge is 2.00 e. The van der Waals surface area contributed by atoms with E-state index in [0.29, 0.717) is 0 Å². The summed E-state index contributed by atoms with van der Waals surface area (Å²) in [4.78, 5) is 5.75. The summed E-state index contributed by atoms with van der Waals surface area (Å²) >= 11 is 0. The van der Waals surface area contributed by atoms with Crippen molar-refractivity contribution in [3.63, 3.8) is 0 Å². The molecule has 0 aliphatic heterocycles. The minimum atomic E-state index is 0. The third kappa shape index (κ3) is 4.48. The minimum Gasteiger partial charge on any atom is -0.484 e. The molecule has 0 amide bonds. The molecule has 0 aliphatic rings. The van der Waals surface area contributed by atoms with Crippen molar-refractivity contribution in [2.75, 3.05) is 0 Å². The molecule has 0 bridgehead atoms. The molecule has 2 nitrogen and oxygen atoms in total. The summed E-state index contributed by atoms with van der Waals surface area (Å²) in [5.41, 5.74) is 4.97. The van der Waals surface area contributed by atoms with Gasteiger partial charge in [-0.15, -0.1) is 24.8 Å². The summed E-state index contributed by atoms with van der Waals surface area (Å²) in [6, 6.07) is 0. The molecule has 15 heavy (non-hydrogen) atoms. The van der Waals surface area contributed by atoms with Gasteiger partial charge >= 0.3 is 19.5 Å². The van der Waals surface area contributed by atoms with Crippen LogP contribution in [-0.4, -0.2) is 9.97 Å². The van der Waals surface area contributed by atoms with Gasteiger partial charge in [-0.25, -0.2) is 0 Å². The van der Waals surface area contributed by atoms with Gasteiger partial charge in [-0.3, -0.25) is 0 Å². The van der Waals surface area contributed by atoms with Crippen molar-refractivity contribution in [3.05, 3.63) is 47.0 Å². The average molecular weight is 289 g/mol. The van der Waals surface area contributed by atoms with Gasteiger partial charge in [0.15, 0.2) is 0 Å². The number of aromatic nitrogens is 2. The summed E-state index contributed by atoms with van der Waals surface area (Å²) < 4.78 is 0. The van der Waals surface area contributed by atoms with Gasteiger partial charge in [-0.1, -0.05) is 27.7 Å². The van der Waals surface area contributed by atoms with Gasteiger partial charge in [-0.05, 0) is 0 Å². The fourth-order valence-corrected chi connectivity index (χ4v) is 0.919. The molecule has 0 aliphatic carbocycles. The Hall–Kier alpha value is -0.817. The van der Waals surface area contributed by atoms with Crippen LogP contribution in [0.15, 0.2) is 12.4 Å². The van der Waals surface area contributed by atoms with Crippen LogP contribution in [0.3, 0.4) is 0 Å². The molecule has 0 saturated heterocycles. The number of H-pyrrole nitrogens is 2. The van der Waals surface area contributed by atoms with Crippen molar-refractivity contribution in [1.29, 1.82) is 0 Å². The predicted octanol–water partition coefficient (Wildman–Crippen LogP) is 2.86. The average Bonchev–Trinajstić information content (AvgIpc) is 2.67. The number of nitrogens with one attached hydrogen (secondary N) is 2. The van der Waals surface area contributed by atoms with Crippen LogP contribution >= 0.6 is 0 Å². The fourth-order valence-electron chi connectivity index (χ4n) is 0.919. The molecule has 3 heteroatoms. The van der Waals surface area contributed by atoms with Crippen molar-refractivity contribution in [2.45, 2.75) is 27.7 Å². The first-order valence-corrected chi connectivity index (χ1v) is 4.65. The van der Waals surface area contributed by atoms with Crippen molar-refractivity contribution in [2.24, 2.45) is 0 Å².